The Balaban J connectivity index is 2.17. The number of pyridine rings is 1. The summed E-state index contributed by atoms with van der Waals surface area (Å²) in [7, 11) is 3.16. The standard InChI is InChI=1S/C15H16N4O2/c1-8-4-11-15(17-7-8)19-14(18-11)9-5-12(20-2)13(21-3)6-10(9)16/h4-7H,16H2,1-3H3,(H,17,18,19). The molecule has 0 spiro atoms. The molecule has 3 rings (SSSR count). The second kappa shape index (κ2) is 4.97. The van der Waals surface area contributed by atoms with Crippen molar-refractivity contribution >= 4 is 16.9 Å². The average Bonchev–Trinajstić information content (AvgIpc) is 2.89. The van der Waals surface area contributed by atoms with Gasteiger partial charge in [-0.05, 0) is 24.6 Å². The highest BCUT2D eigenvalue weighted by Gasteiger charge is 2.14. The maximum atomic E-state index is 6.09. The molecule has 6 nitrogen and oxygen atoms in total. The molecule has 108 valence electrons. The van der Waals surface area contributed by atoms with Crippen LogP contribution in [-0.4, -0.2) is 29.2 Å². The number of nitrogens with two attached hydrogens (primary N) is 1. The number of ether oxygens (including phenoxy) is 2. The molecule has 0 aliphatic heterocycles. The predicted molar refractivity (Wildman–Crippen MR) is 81.6 cm³/mol. The van der Waals surface area contributed by atoms with E-state index in [0.29, 0.717) is 28.7 Å². The fourth-order valence-electron chi connectivity index (χ4n) is 2.23. The maximum absolute atomic E-state index is 6.09. The van der Waals surface area contributed by atoms with E-state index in [1.165, 1.54) is 0 Å². The molecule has 0 radical (unpaired) electrons. The van der Waals surface area contributed by atoms with Gasteiger partial charge in [0.25, 0.3) is 0 Å². The van der Waals surface area contributed by atoms with Crippen molar-refractivity contribution in [3.05, 3.63) is 30.0 Å². The van der Waals surface area contributed by atoms with Crippen molar-refractivity contribution in [3.8, 4) is 22.9 Å². The number of aromatic amines is 1. The van der Waals surface area contributed by atoms with E-state index in [2.05, 4.69) is 15.0 Å². The monoisotopic (exact) mass is 284 g/mol. The van der Waals surface area contributed by atoms with Crippen LogP contribution in [-0.2, 0) is 0 Å². The largest absolute Gasteiger partial charge is 0.493 e. The number of nitrogens with one attached hydrogen (secondary N) is 1. The highest BCUT2D eigenvalue weighted by molar-refractivity contribution is 5.82. The minimum atomic E-state index is 0.559. The Morgan fingerprint density at radius 3 is 2.52 bits per heavy atom. The molecule has 0 aliphatic rings. The van der Waals surface area contributed by atoms with Gasteiger partial charge in [0.1, 0.15) is 5.82 Å². The van der Waals surface area contributed by atoms with Gasteiger partial charge >= 0.3 is 0 Å². The second-order valence-electron chi connectivity index (χ2n) is 4.76. The third kappa shape index (κ3) is 2.24. The zero-order valence-corrected chi connectivity index (χ0v) is 12.1. The summed E-state index contributed by atoms with van der Waals surface area (Å²) in [6, 6.07) is 5.52. The van der Waals surface area contributed by atoms with E-state index in [0.717, 1.165) is 16.6 Å². The summed E-state index contributed by atoms with van der Waals surface area (Å²) >= 11 is 0. The minimum absolute atomic E-state index is 0.559. The van der Waals surface area contributed by atoms with E-state index < -0.39 is 0 Å². The third-order valence-electron chi connectivity index (χ3n) is 3.28. The van der Waals surface area contributed by atoms with Crippen molar-refractivity contribution in [1.82, 2.24) is 15.0 Å². The first-order valence-electron chi connectivity index (χ1n) is 6.46. The summed E-state index contributed by atoms with van der Waals surface area (Å²) in [6.45, 7) is 1.98. The van der Waals surface area contributed by atoms with Gasteiger partial charge in [-0.15, -0.1) is 0 Å². The van der Waals surface area contributed by atoms with Gasteiger partial charge in [-0.2, -0.15) is 0 Å². The molecule has 1 aromatic carbocycles. The van der Waals surface area contributed by atoms with E-state index in [1.807, 2.05) is 13.0 Å². The molecular weight excluding hydrogens is 268 g/mol. The van der Waals surface area contributed by atoms with Crippen molar-refractivity contribution in [3.63, 3.8) is 0 Å². The molecule has 0 fully saturated rings. The Morgan fingerprint density at radius 2 is 1.81 bits per heavy atom. The lowest BCUT2D eigenvalue weighted by molar-refractivity contribution is 0.355. The number of aromatic nitrogens is 3. The van der Waals surface area contributed by atoms with Crippen LogP contribution in [0.2, 0.25) is 0 Å². The number of fused-ring (bicyclic) bond motifs is 1. The van der Waals surface area contributed by atoms with Crippen LogP contribution >= 0.6 is 0 Å². The van der Waals surface area contributed by atoms with Crippen molar-refractivity contribution in [2.24, 2.45) is 0 Å². The summed E-state index contributed by atoms with van der Waals surface area (Å²) in [4.78, 5) is 12.0. The molecular formula is C15H16N4O2. The molecule has 3 aromatic rings. The molecule has 0 bridgehead atoms. The number of H-pyrrole nitrogens is 1. The highest BCUT2D eigenvalue weighted by Crippen LogP contribution is 2.36. The van der Waals surface area contributed by atoms with Gasteiger partial charge in [0, 0.05) is 23.5 Å². The summed E-state index contributed by atoms with van der Waals surface area (Å²) in [6.07, 6.45) is 1.78. The first kappa shape index (κ1) is 13.2. The van der Waals surface area contributed by atoms with E-state index in [1.54, 1.807) is 32.5 Å². The molecule has 6 heteroatoms. The maximum Gasteiger partial charge on any atom is 0.178 e. The molecule has 2 aromatic heterocycles. The number of hydrogen-bond donors (Lipinski definition) is 2. The fraction of sp³-hybridized carbons (Fsp3) is 0.200. The van der Waals surface area contributed by atoms with Crippen LogP contribution in [0.5, 0.6) is 11.5 Å². The number of nitrogens with zero attached hydrogens (tertiary/aromatic N) is 2. The van der Waals surface area contributed by atoms with Crippen LogP contribution in [0.25, 0.3) is 22.6 Å². The Morgan fingerprint density at radius 1 is 1.10 bits per heavy atom. The molecule has 3 N–H and O–H groups in total. The number of benzene rings is 1. The smallest absolute Gasteiger partial charge is 0.178 e. The van der Waals surface area contributed by atoms with Crippen LogP contribution in [0, 0.1) is 6.92 Å². The zero-order chi connectivity index (χ0) is 15.0. The number of aryl methyl sites for hydroxylation is 1. The lowest BCUT2D eigenvalue weighted by atomic mass is 10.1. The molecule has 0 atom stereocenters. The third-order valence-corrected chi connectivity index (χ3v) is 3.28. The van der Waals surface area contributed by atoms with Gasteiger partial charge in [0.2, 0.25) is 0 Å². The first-order valence-corrected chi connectivity index (χ1v) is 6.46. The van der Waals surface area contributed by atoms with Gasteiger partial charge in [0.05, 0.1) is 19.7 Å². The molecule has 2 heterocycles. The number of anilines is 1. The second-order valence-corrected chi connectivity index (χ2v) is 4.76. The molecule has 0 saturated heterocycles. The SMILES string of the molecule is COc1cc(N)c(-c2nc3ncc(C)cc3[nH]2)cc1OC. The summed E-state index contributed by atoms with van der Waals surface area (Å²) in [5.41, 5.74) is 10.00. The van der Waals surface area contributed by atoms with Gasteiger partial charge in [-0.25, -0.2) is 9.97 Å². The number of nitrogen functional groups attached to an aromatic ring is 1. The molecule has 21 heavy (non-hydrogen) atoms. The van der Waals surface area contributed by atoms with E-state index in [4.69, 9.17) is 15.2 Å². The zero-order valence-electron chi connectivity index (χ0n) is 12.1. The van der Waals surface area contributed by atoms with Crippen LogP contribution in [0.4, 0.5) is 5.69 Å². The van der Waals surface area contributed by atoms with Gasteiger partial charge in [0.15, 0.2) is 17.1 Å². The molecule has 0 saturated carbocycles. The van der Waals surface area contributed by atoms with Crippen molar-refractivity contribution in [2.75, 3.05) is 20.0 Å². The number of hydrogen-bond acceptors (Lipinski definition) is 5. The number of imidazole rings is 1. The van der Waals surface area contributed by atoms with Crippen LogP contribution in [0.3, 0.4) is 0 Å². The van der Waals surface area contributed by atoms with Gasteiger partial charge < -0.3 is 20.2 Å². The normalized spacial score (nSPS) is 10.8. The van der Waals surface area contributed by atoms with E-state index >= 15 is 0 Å². The molecule has 0 amide bonds. The fourth-order valence-corrected chi connectivity index (χ4v) is 2.23. The predicted octanol–water partition coefficient (Wildman–Crippen LogP) is 2.53. The average molecular weight is 284 g/mol. The van der Waals surface area contributed by atoms with Crippen molar-refractivity contribution in [2.45, 2.75) is 6.92 Å². The topological polar surface area (TPSA) is 86.0 Å². The summed E-state index contributed by atoms with van der Waals surface area (Å²) in [5, 5.41) is 0. The molecule has 0 aliphatic carbocycles. The lowest BCUT2D eigenvalue weighted by Crippen LogP contribution is -1.96. The summed E-state index contributed by atoms with van der Waals surface area (Å²) in [5.74, 6) is 1.84. The first-order chi connectivity index (χ1) is 10.1. The Bertz CT molecular complexity index is 811. The minimum Gasteiger partial charge on any atom is -0.493 e. The van der Waals surface area contributed by atoms with Crippen molar-refractivity contribution < 1.29 is 9.47 Å². The van der Waals surface area contributed by atoms with E-state index in [9.17, 15) is 0 Å². The van der Waals surface area contributed by atoms with Gasteiger partial charge in [-0.1, -0.05) is 0 Å². The lowest BCUT2D eigenvalue weighted by Gasteiger charge is -2.11. The highest BCUT2D eigenvalue weighted by atomic mass is 16.5. The van der Waals surface area contributed by atoms with Gasteiger partial charge in [-0.3, -0.25) is 0 Å². The Hall–Kier alpha value is -2.76. The Labute approximate surface area is 121 Å². The Kier molecular flexibility index (Phi) is 3.13. The summed E-state index contributed by atoms with van der Waals surface area (Å²) < 4.78 is 10.5. The van der Waals surface area contributed by atoms with Crippen molar-refractivity contribution in [1.29, 1.82) is 0 Å². The molecule has 0 unspecified atom stereocenters. The van der Waals surface area contributed by atoms with Crippen LogP contribution < -0.4 is 15.2 Å². The number of rotatable bonds is 3. The van der Waals surface area contributed by atoms with E-state index in [-0.39, 0.29) is 0 Å². The number of methoxy groups -OCH3 is 2. The quantitative estimate of drug-likeness (QED) is 0.722. The van der Waals surface area contributed by atoms with Crippen LogP contribution in [0.15, 0.2) is 24.4 Å². The van der Waals surface area contributed by atoms with Crippen LogP contribution in [0.1, 0.15) is 5.56 Å².